The van der Waals surface area contributed by atoms with Crippen LogP contribution in [0.3, 0.4) is 0 Å². The van der Waals surface area contributed by atoms with Crippen LogP contribution in [-0.2, 0) is 4.74 Å². The normalized spacial score (nSPS) is 14.7. The molecule has 2 aromatic heterocycles. The topological polar surface area (TPSA) is 52.4 Å². The third-order valence-corrected chi connectivity index (χ3v) is 5.59. The van der Waals surface area contributed by atoms with Gasteiger partial charge in [-0.3, -0.25) is 9.47 Å². The van der Waals surface area contributed by atoms with Gasteiger partial charge in [0.2, 0.25) is 0 Å². The second kappa shape index (κ2) is 9.06. The molecule has 1 saturated heterocycles. The van der Waals surface area contributed by atoms with Crippen LogP contribution in [0.2, 0.25) is 5.02 Å². The second-order valence-electron chi connectivity index (χ2n) is 7.43. The predicted octanol–water partition coefficient (Wildman–Crippen LogP) is 4.45. The van der Waals surface area contributed by atoms with Crippen molar-refractivity contribution in [3.8, 4) is 22.8 Å². The van der Waals surface area contributed by atoms with Crippen molar-refractivity contribution in [3.63, 3.8) is 0 Å². The number of halogens is 1. The molecule has 2 aromatic carbocycles. The third-order valence-electron chi connectivity index (χ3n) is 5.39. The fourth-order valence-corrected chi connectivity index (χ4v) is 3.94. The van der Waals surface area contributed by atoms with Crippen LogP contribution < -0.4 is 4.74 Å². The summed E-state index contributed by atoms with van der Waals surface area (Å²) in [7, 11) is 0. The van der Waals surface area contributed by atoms with Crippen molar-refractivity contribution >= 4 is 22.8 Å². The molecule has 0 unspecified atom stereocenters. The van der Waals surface area contributed by atoms with Gasteiger partial charge >= 0.3 is 0 Å². The summed E-state index contributed by atoms with van der Waals surface area (Å²) in [5.74, 6) is 1.66. The minimum atomic E-state index is 0.583. The first-order valence-electron chi connectivity index (χ1n) is 10.4. The number of fused-ring (bicyclic) bond motifs is 1. The summed E-state index contributed by atoms with van der Waals surface area (Å²) < 4.78 is 13.4. The molecule has 0 radical (unpaired) electrons. The van der Waals surface area contributed by atoms with E-state index in [1.54, 1.807) is 6.20 Å². The number of hydrogen-bond donors (Lipinski definition) is 0. The van der Waals surface area contributed by atoms with E-state index < -0.39 is 0 Å². The predicted molar refractivity (Wildman–Crippen MR) is 122 cm³/mol. The summed E-state index contributed by atoms with van der Waals surface area (Å²) in [4.78, 5) is 11.6. The van der Waals surface area contributed by atoms with Crippen LogP contribution >= 0.6 is 11.6 Å². The van der Waals surface area contributed by atoms with Gasteiger partial charge < -0.3 is 9.47 Å². The van der Waals surface area contributed by atoms with Crippen LogP contribution in [0.4, 0.5) is 0 Å². The van der Waals surface area contributed by atoms with E-state index in [2.05, 4.69) is 26.6 Å². The molecular formula is C24H23ClN4O2. The minimum absolute atomic E-state index is 0.583. The average molecular weight is 435 g/mol. The van der Waals surface area contributed by atoms with Crippen molar-refractivity contribution in [2.45, 2.75) is 0 Å². The van der Waals surface area contributed by atoms with E-state index in [-0.39, 0.29) is 0 Å². The third kappa shape index (κ3) is 4.42. The number of benzene rings is 2. The summed E-state index contributed by atoms with van der Waals surface area (Å²) in [5.41, 5.74) is 3.53. The second-order valence-corrected chi connectivity index (χ2v) is 7.87. The lowest BCUT2D eigenvalue weighted by Crippen LogP contribution is -2.38. The van der Waals surface area contributed by atoms with Crippen molar-refractivity contribution in [2.24, 2.45) is 0 Å². The molecule has 158 valence electrons. The van der Waals surface area contributed by atoms with Gasteiger partial charge in [0.1, 0.15) is 18.2 Å². The van der Waals surface area contributed by atoms with Crippen molar-refractivity contribution in [1.82, 2.24) is 19.4 Å². The summed E-state index contributed by atoms with van der Waals surface area (Å²) in [6.45, 7) is 5.10. The summed E-state index contributed by atoms with van der Waals surface area (Å²) in [6.07, 6.45) is 1.63. The maximum absolute atomic E-state index is 6.23. The van der Waals surface area contributed by atoms with E-state index in [1.807, 2.05) is 48.5 Å². The fraction of sp³-hybridized carbons (Fsp3) is 0.250. The van der Waals surface area contributed by atoms with Gasteiger partial charge in [-0.15, -0.1) is 0 Å². The monoisotopic (exact) mass is 434 g/mol. The number of aromatic nitrogens is 3. The maximum Gasteiger partial charge on any atom is 0.178 e. The van der Waals surface area contributed by atoms with E-state index in [9.17, 15) is 0 Å². The van der Waals surface area contributed by atoms with E-state index in [0.29, 0.717) is 17.3 Å². The number of morpholine rings is 1. The van der Waals surface area contributed by atoms with Gasteiger partial charge in [-0.1, -0.05) is 29.8 Å². The highest BCUT2D eigenvalue weighted by Gasteiger charge is 2.16. The minimum Gasteiger partial charge on any atom is -0.492 e. The molecule has 6 nitrogen and oxygen atoms in total. The summed E-state index contributed by atoms with van der Waals surface area (Å²) >= 11 is 6.23. The average Bonchev–Trinajstić information content (AvgIpc) is 3.19. The van der Waals surface area contributed by atoms with Crippen LogP contribution in [0.1, 0.15) is 0 Å². The molecule has 4 aromatic rings. The zero-order valence-electron chi connectivity index (χ0n) is 17.1. The molecule has 1 fully saturated rings. The molecule has 0 saturated carbocycles. The van der Waals surface area contributed by atoms with Gasteiger partial charge in [-0.25, -0.2) is 9.97 Å². The van der Waals surface area contributed by atoms with Crippen LogP contribution in [0.25, 0.3) is 28.2 Å². The number of imidazole rings is 1. The zero-order valence-corrected chi connectivity index (χ0v) is 17.8. The standard InChI is InChI=1S/C24H23ClN4O2/c25-19-16-22-23(26-17-19)27-24(29(22)20-4-2-1-3-5-20)18-6-8-21(9-7-18)31-15-12-28-10-13-30-14-11-28/h1-9,16-17H,10-15H2. The van der Waals surface area contributed by atoms with Crippen molar-refractivity contribution in [2.75, 3.05) is 39.5 Å². The molecule has 5 rings (SSSR count). The highest BCUT2D eigenvalue weighted by atomic mass is 35.5. The Morgan fingerprint density at radius 1 is 1.00 bits per heavy atom. The quantitative estimate of drug-likeness (QED) is 0.448. The highest BCUT2D eigenvalue weighted by Crippen LogP contribution is 2.30. The first kappa shape index (κ1) is 20.0. The SMILES string of the molecule is Clc1cnc2nc(-c3ccc(OCCN4CCOCC4)cc3)n(-c3ccccc3)c2c1. The van der Waals surface area contributed by atoms with Crippen LogP contribution in [0.15, 0.2) is 66.9 Å². The fourth-order valence-electron chi connectivity index (χ4n) is 3.79. The number of para-hydroxylation sites is 1. The number of pyridine rings is 1. The zero-order chi connectivity index (χ0) is 21.0. The van der Waals surface area contributed by atoms with E-state index in [1.165, 1.54) is 0 Å². The summed E-state index contributed by atoms with van der Waals surface area (Å²) in [5, 5.41) is 0.583. The van der Waals surface area contributed by atoms with E-state index in [0.717, 1.165) is 61.2 Å². The molecule has 0 spiro atoms. The molecule has 3 heterocycles. The highest BCUT2D eigenvalue weighted by molar-refractivity contribution is 6.31. The molecular weight excluding hydrogens is 412 g/mol. The smallest absolute Gasteiger partial charge is 0.178 e. The summed E-state index contributed by atoms with van der Waals surface area (Å²) in [6, 6.07) is 20.1. The molecule has 0 amide bonds. The number of hydrogen-bond acceptors (Lipinski definition) is 5. The van der Waals surface area contributed by atoms with Gasteiger partial charge in [0.05, 0.1) is 23.8 Å². The van der Waals surface area contributed by atoms with Crippen LogP contribution in [-0.4, -0.2) is 58.9 Å². The van der Waals surface area contributed by atoms with Gasteiger partial charge in [0.15, 0.2) is 5.65 Å². The Balaban J connectivity index is 1.40. The lowest BCUT2D eigenvalue weighted by molar-refractivity contribution is 0.0322. The van der Waals surface area contributed by atoms with Crippen molar-refractivity contribution in [3.05, 3.63) is 71.9 Å². The molecule has 7 heteroatoms. The molecule has 0 N–H and O–H groups in total. The first-order chi connectivity index (χ1) is 15.3. The Kier molecular flexibility index (Phi) is 5.84. The Hall–Kier alpha value is -2.93. The number of nitrogens with zero attached hydrogens (tertiary/aromatic N) is 4. The Bertz CT molecular complexity index is 1160. The van der Waals surface area contributed by atoms with Crippen LogP contribution in [0, 0.1) is 0 Å². The van der Waals surface area contributed by atoms with Gasteiger partial charge in [0, 0.05) is 37.1 Å². The Morgan fingerprint density at radius 3 is 2.55 bits per heavy atom. The van der Waals surface area contributed by atoms with Crippen molar-refractivity contribution < 1.29 is 9.47 Å². The molecule has 0 bridgehead atoms. The largest absolute Gasteiger partial charge is 0.492 e. The van der Waals surface area contributed by atoms with Gasteiger partial charge in [-0.05, 0) is 42.5 Å². The van der Waals surface area contributed by atoms with E-state index >= 15 is 0 Å². The molecule has 0 atom stereocenters. The molecule has 1 aliphatic heterocycles. The number of rotatable bonds is 6. The number of ether oxygens (including phenoxy) is 2. The van der Waals surface area contributed by atoms with Crippen molar-refractivity contribution in [1.29, 1.82) is 0 Å². The van der Waals surface area contributed by atoms with E-state index in [4.69, 9.17) is 26.1 Å². The molecule has 0 aliphatic carbocycles. The Labute approximate surface area is 186 Å². The molecule has 1 aliphatic rings. The lowest BCUT2D eigenvalue weighted by Gasteiger charge is -2.26. The maximum atomic E-state index is 6.23. The lowest BCUT2D eigenvalue weighted by atomic mass is 10.2. The first-order valence-corrected chi connectivity index (χ1v) is 10.8. The molecule has 31 heavy (non-hydrogen) atoms. The van der Waals surface area contributed by atoms with Crippen LogP contribution in [0.5, 0.6) is 5.75 Å². The Morgan fingerprint density at radius 2 is 1.77 bits per heavy atom. The van der Waals surface area contributed by atoms with Gasteiger partial charge in [-0.2, -0.15) is 0 Å². The van der Waals surface area contributed by atoms with Gasteiger partial charge in [0.25, 0.3) is 0 Å².